The lowest BCUT2D eigenvalue weighted by Crippen LogP contribution is -2.52. The molecule has 4 saturated heterocycles. The van der Waals surface area contributed by atoms with E-state index < -0.39 is 5.82 Å². The first-order valence-electron chi connectivity index (χ1n) is 15.1. The third-order valence-corrected chi connectivity index (χ3v) is 10.4. The molecule has 0 spiro atoms. The van der Waals surface area contributed by atoms with Gasteiger partial charge in [0.2, 0.25) is 0 Å². The summed E-state index contributed by atoms with van der Waals surface area (Å²) in [5, 5.41) is 6.20. The van der Waals surface area contributed by atoms with Crippen LogP contribution in [0.5, 0.6) is 6.01 Å². The van der Waals surface area contributed by atoms with Crippen LogP contribution in [0.25, 0.3) is 32.8 Å². The molecule has 1 N–H and O–H groups in total. The minimum Gasteiger partial charge on any atom is -0.461 e. The molecule has 3 aromatic carbocycles. The average Bonchev–Trinajstić information content (AvgIpc) is 3.66. The van der Waals surface area contributed by atoms with Crippen molar-refractivity contribution < 1.29 is 9.13 Å². The van der Waals surface area contributed by atoms with Crippen LogP contribution in [-0.2, 0) is 0 Å². The number of hydrogen-bond donors (Lipinski definition) is 1. The zero-order valence-electron chi connectivity index (χ0n) is 23.5. The molecule has 6 nitrogen and oxygen atoms in total. The highest BCUT2D eigenvalue weighted by molar-refractivity contribution is 6.35. The molecular formula is C34H33ClFN5O. The van der Waals surface area contributed by atoms with Gasteiger partial charge in [-0.05, 0) is 74.7 Å². The molecule has 2 bridgehead atoms. The Kier molecular flexibility index (Phi) is 6.29. The van der Waals surface area contributed by atoms with Gasteiger partial charge in [-0.15, -0.1) is 6.42 Å². The van der Waals surface area contributed by atoms with E-state index >= 15 is 4.39 Å². The van der Waals surface area contributed by atoms with Crippen LogP contribution in [0.4, 0.5) is 10.2 Å². The first kappa shape index (κ1) is 26.2. The van der Waals surface area contributed by atoms with E-state index in [1.54, 1.807) is 0 Å². The van der Waals surface area contributed by atoms with Crippen LogP contribution < -0.4 is 15.0 Å². The number of hydrogen-bond acceptors (Lipinski definition) is 6. The van der Waals surface area contributed by atoms with E-state index in [2.05, 4.69) is 21.0 Å². The summed E-state index contributed by atoms with van der Waals surface area (Å²) in [6.07, 6.45) is 12.6. The topological polar surface area (TPSA) is 53.5 Å². The second-order valence-electron chi connectivity index (χ2n) is 12.3. The van der Waals surface area contributed by atoms with Crippen molar-refractivity contribution in [1.29, 1.82) is 0 Å². The van der Waals surface area contributed by atoms with Crippen molar-refractivity contribution in [3.63, 3.8) is 0 Å². The van der Waals surface area contributed by atoms with Crippen molar-refractivity contribution in [2.45, 2.75) is 56.1 Å². The number of nitrogens with one attached hydrogen (secondary N) is 1. The Hall–Kier alpha value is -3.44. The highest BCUT2D eigenvalue weighted by Crippen LogP contribution is 2.44. The van der Waals surface area contributed by atoms with Crippen LogP contribution in [-0.4, -0.2) is 65.3 Å². The van der Waals surface area contributed by atoms with Gasteiger partial charge < -0.3 is 15.0 Å². The molecule has 5 heterocycles. The predicted octanol–water partition coefficient (Wildman–Crippen LogP) is 6.17. The Balaban J connectivity index is 1.31. The largest absolute Gasteiger partial charge is 0.461 e. The van der Waals surface area contributed by atoms with E-state index in [0.717, 1.165) is 62.6 Å². The number of anilines is 1. The van der Waals surface area contributed by atoms with Gasteiger partial charge in [0.25, 0.3) is 0 Å². The Morgan fingerprint density at radius 2 is 1.81 bits per heavy atom. The number of nitrogens with zero attached hydrogens (tertiary/aromatic N) is 4. The zero-order chi connectivity index (χ0) is 28.4. The van der Waals surface area contributed by atoms with Crippen LogP contribution in [0.2, 0.25) is 5.02 Å². The maximum absolute atomic E-state index is 17.0. The molecule has 8 heteroatoms. The highest BCUT2D eigenvalue weighted by Gasteiger charge is 2.45. The van der Waals surface area contributed by atoms with Gasteiger partial charge in [-0.25, -0.2) is 4.39 Å². The summed E-state index contributed by atoms with van der Waals surface area (Å²) in [6.45, 7) is 4.48. The molecule has 0 amide bonds. The van der Waals surface area contributed by atoms with Crippen molar-refractivity contribution in [2.24, 2.45) is 0 Å². The number of benzene rings is 3. The number of halogens is 2. The van der Waals surface area contributed by atoms with Gasteiger partial charge in [-0.1, -0.05) is 47.9 Å². The molecular weight excluding hydrogens is 549 g/mol. The molecule has 2 atom stereocenters. The smallest absolute Gasteiger partial charge is 0.319 e. The average molecular weight is 582 g/mol. The molecule has 0 aliphatic carbocycles. The van der Waals surface area contributed by atoms with Gasteiger partial charge in [-0.2, -0.15) is 9.97 Å². The molecule has 2 unspecified atom stereocenters. The summed E-state index contributed by atoms with van der Waals surface area (Å²) in [7, 11) is 0. The maximum Gasteiger partial charge on any atom is 0.319 e. The molecule has 1 aromatic heterocycles. The second kappa shape index (κ2) is 10.1. The van der Waals surface area contributed by atoms with Crippen molar-refractivity contribution in [3.05, 3.63) is 58.9 Å². The quantitative estimate of drug-likeness (QED) is 0.284. The number of fused-ring (bicyclic) bond motifs is 5. The van der Waals surface area contributed by atoms with Crippen LogP contribution in [0.3, 0.4) is 0 Å². The molecule has 0 radical (unpaired) electrons. The first-order valence-corrected chi connectivity index (χ1v) is 15.5. The first-order chi connectivity index (χ1) is 20.6. The number of aromatic nitrogens is 2. The third kappa shape index (κ3) is 4.00. The molecule has 4 aliphatic heterocycles. The lowest BCUT2D eigenvalue weighted by Gasteiger charge is -2.37. The fourth-order valence-corrected chi connectivity index (χ4v) is 8.42. The zero-order valence-corrected chi connectivity index (χ0v) is 24.3. The van der Waals surface area contributed by atoms with Crippen LogP contribution in [0.1, 0.15) is 44.1 Å². The van der Waals surface area contributed by atoms with E-state index in [0.29, 0.717) is 39.5 Å². The molecule has 214 valence electrons. The summed E-state index contributed by atoms with van der Waals surface area (Å²) < 4.78 is 23.4. The van der Waals surface area contributed by atoms with Gasteiger partial charge in [0.15, 0.2) is 5.82 Å². The summed E-state index contributed by atoms with van der Waals surface area (Å²) in [6, 6.07) is 14.2. The number of ether oxygens (including phenoxy) is 1. The van der Waals surface area contributed by atoms with Crippen molar-refractivity contribution in [3.8, 4) is 29.5 Å². The van der Waals surface area contributed by atoms with E-state index in [1.165, 1.54) is 12.8 Å². The molecule has 8 rings (SSSR count). The van der Waals surface area contributed by atoms with E-state index in [4.69, 9.17) is 32.7 Å². The van der Waals surface area contributed by atoms with E-state index in [9.17, 15) is 0 Å². The number of rotatable bonds is 5. The van der Waals surface area contributed by atoms with Crippen LogP contribution in [0.15, 0.2) is 42.5 Å². The number of terminal acetylenes is 1. The maximum atomic E-state index is 17.0. The summed E-state index contributed by atoms with van der Waals surface area (Å²) in [5.41, 5.74) is 1.91. The molecule has 4 aromatic rings. The fourth-order valence-electron chi connectivity index (χ4n) is 8.12. The Bertz CT molecular complexity index is 1740. The summed E-state index contributed by atoms with van der Waals surface area (Å²) >= 11 is 6.97. The lowest BCUT2D eigenvalue weighted by molar-refractivity contribution is 0.108. The minimum absolute atomic E-state index is 0.0326. The Morgan fingerprint density at radius 1 is 1.07 bits per heavy atom. The predicted molar refractivity (Wildman–Crippen MR) is 166 cm³/mol. The normalized spacial score (nSPS) is 23.0. The summed E-state index contributed by atoms with van der Waals surface area (Å²) in [4.78, 5) is 14.7. The van der Waals surface area contributed by atoms with Gasteiger partial charge in [-0.3, -0.25) is 4.90 Å². The standard InChI is InChI=1S/C34H33ClFN5O/c1-2-21-7-3-8-22-9-4-10-25(28(21)22)29-27(35)17-26-31(30(29)36)38-33(42-20-34-13-5-15-40(34)16-6-14-34)39-32(26)41-23-11-12-24(41)19-37-18-23/h1,3-4,7-10,17,23-24,37H,5-6,11-16,18-20H2. The number of piperazine rings is 1. The van der Waals surface area contributed by atoms with Gasteiger partial charge in [0.05, 0.1) is 10.6 Å². The molecule has 0 saturated carbocycles. The van der Waals surface area contributed by atoms with Gasteiger partial charge >= 0.3 is 6.01 Å². The molecule has 4 aliphatic rings. The van der Waals surface area contributed by atoms with E-state index in [1.807, 2.05) is 42.5 Å². The van der Waals surface area contributed by atoms with Crippen LogP contribution in [0, 0.1) is 18.2 Å². The second-order valence-corrected chi connectivity index (χ2v) is 12.7. The van der Waals surface area contributed by atoms with Crippen molar-refractivity contribution in [2.75, 3.05) is 37.7 Å². The summed E-state index contributed by atoms with van der Waals surface area (Å²) in [5.74, 6) is 3.00. The Morgan fingerprint density at radius 3 is 2.55 bits per heavy atom. The van der Waals surface area contributed by atoms with Crippen molar-refractivity contribution in [1.82, 2.24) is 20.2 Å². The van der Waals surface area contributed by atoms with Crippen molar-refractivity contribution >= 4 is 39.1 Å². The fraction of sp³-hybridized carbons (Fsp3) is 0.412. The highest BCUT2D eigenvalue weighted by atomic mass is 35.5. The SMILES string of the molecule is C#Cc1cccc2cccc(-c3c(Cl)cc4c(N5C6CCC5CNC6)nc(OCC56CCCN5CCC6)nc4c3F)c12. The Labute approximate surface area is 250 Å². The minimum atomic E-state index is -0.477. The third-order valence-electron chi connectivity index (χ3n) is 10.1. The van der Waals surface area contributed by atoms with Crippen LogP contribution >= 0.6 is 11.6 Å². The lowest BCUT2D eigenvalue weighted by atomic mass is 9.93. The monoisotopic (exact) mass is 581 g/mol. The van der Waals surface area contributed by atoms with Gasteiger partial charge in [0, 0.05) is 47.1 Å². The van der Waals surface area contributed by atoms with Gasteiger partial charge in [0.1, 0.15) is 17.9 Å². The molecule has 42 heavy (non-hydrogen) atoms. The molecule has 4 fully saturated rings. The van der Waals surface area contributed by atoms with E-state index in [-0.39, 0.29) is 29.1 Å².